The van der Waals surface area contributed by atoms with E-state index in [2.05, 4.69) is 10.3 Å². The van der Waals surface area contributed by atoms with Gasteiger partial charge in [-0.15, -0.1) is 0 Å². The van der Waals surface area contributed by atoms with Gasteiger partial charge in [-0.1, -0.05) is 0 Å². The van der Waals surface area contributed by atoms with Gasteiger partial charge in [-0.05, 0) is 18.6 Å². The molecule has 1 atom stereocenters. The van der Waals surface area contributed by atoms with Gasteiger partial charge in [0.25, 0.3) is 0 Å². The molecule has 1 aliphatic heterocycles. The minimum absolute atomic E-state index is 0.109. The molecule has 2 rings (SSSR count). The average molecular weight is 313 g/mol. The summed E-state index contributed by atoms with van der Waals surface area (Å²) in [6.07, 6.45) is -0.861. The number of hydrogen-bond acceptors (Lipinski definition) is 4. The van der Waals surface area contributed by atoms with Crippen molar-refractivity contribution in [2.45, 2.75) is 18.6 Å². The number of aromatic nitrogens is 1. The fourth-order valence-corrected chi connectivity index (χ4v) is 2.16. The lowest BCUT2D eigenvalue weighted by molar-refractivity contribution is -0.141. The molecule has 2 heterocycles. The fourth-order valence-electron chi connectivity index (χ4n) is 2.16. The summed E-state index contributed by atoms with van der Waals surface area (Å²) in [4.78, 5) is 18.3. The van der Waals surface area contributed by atoms with Gasteiger partial charge in [-0.2, -0.15) is 18.4 Å². The van der Waals surface area contributed by atoms with Crippen molar-refractivity contribution in [3.8, 4) is 6.19 Å². The standard InChI is InChI=1S/C13H14F3N5O/c1-20(10-4-5-21(7-10)8-17)12(22)19-9-2-3-11(18-6-9)13(14,15)16/h2-3,6,10H,4-5,7H2,1H3,(H,19,22)/t10-/m1/s1. The lowest BCUT2D eigenvalue weighted by Crippen LogP contribution is -2.41. The Balaban J connectivity index is 1.96. The number of rotatable bonds is 2. The molecule has 0 radical (unpaired) electrons. The van der Waals surface area contributed by atoms with Crippen molar-refractivity contribution in [2.24, 2.45) is 0 Å². The van der Waals surface area contributed by atoms with Gasteiger partial charge in [-0.25, -0.2) is 9.78 Å². The molecule has 118 valence electrons. The number of pyridine rings is 1. The molecule has 1 N–H and O–H groups in total. The fraction of sp³-hybridized carbons (Fsp3) is 0.462. The molecule has 0 aromatic carbocycles. The quantitative estimate of drug-likeness (QED) is 0.849. The first kappa shape index (κ1) is 15.9. The Kier molecular flexibility index (Phi) is 4.40. The number of halogens is 3. The van der Waals surface area contributed by atoms with Crippen LogP contribution in [0.5, 0.6) is 0 Å². The largest absolute Gasteiger partial charge is 0.433 e. The van der Waals surface area contributed by atoms with Crippen LogP contribution in [0.25, 0.3) is 0 Å². The molecule has 0 spiro atoms. The van der Waals surface area contributed by atoms with E-state index in [4.69, 9.17) is 5.26 Å². The van der Waals surface area contributed by atoms with E-state index in [0.717, 1.165) is 18.3 Å². The number of carbonyl (C=O) groups excluding carboxylic acids is 1. The molecule has 0 aliphatic carbocycles. The first-order valence-electron chi connectivity index (χ1n) is 6.53. The zero-order valence-corrected chi connectivity index (χ0v) is 11.8. The molecule has 22 heavy (non-hydrogen) atoms. The molecular formula is C13H14F3N5O. The van der Waals surface area contributed by atoms with Gasteiger partial charge >= 0.3 is 12.2 Å². The third-order valence-corrected chi connectivity index (χ3v) is 3.48. The van der Waals surface area contributed by atoms with E-state index < -0.39 is 17.9 Å². The van der Waals surface area contributed by atoms with Crippen molar-refractivity contribution in [3.05, 3.63) is 24.0 Å². The third-order valence-electron chi connectivity index (χ3n) is 3.48. The molecule has 0 saturated carbocycles. The van der Waals surface area contributed by atoms with Gasteiger partial charge in [0.15, 0.2) is 6.19 Å². The van der Waals surface area contributed by atoms with E-state index in [1.807, 2.05) is 6.19 Å². The summed E-state index contributed by atoms with van der Waals surface area (Å²) in [5.74, 6) is 0. The van der Waals surface area contributed by atoms with Crippen molar-refractivity contribution in [3.63, 3.8) is 0 Å². The van der Waals surface area contributed by atoms with E-state index >= 15 is 0 Å². The zero-order valence-electron chi connectivity index (χ0n) is 11.8. The normalized spacial score (nSPS) is 18.0. The highest BCUT2D eigenvalue weighted by Gasteiger charge is 2.32. The van der Waals surface area contributed by atoms with E-state index in [1.165, 1.54) is 4.90 Å². The number of urea groups is 1. The number of hydrogen-bond donors (Lipinski definition) is 1. The monoisotopic (exact) mass is 313 g/mol. The molecule has 0 bridgehead atoms. The summed E-state index contributed by atoms with van der Waals surface area (Å²) in [5.41, 5.74) is -0.834. The molecule has 1 aromatic rings. The Morgan fingerprint density at radius 1 is 1.55 bits per heavy atom. The van der Waals surface area contributed by atoms with Crippen LogP contribution >= 0.6 is 0 Å². The van der Waals surface area contributed by atoms with Crippen LogP contribution in [-0.4, -0.2) is 47.0 Å². The van der Waals surface area contributed by atoms with Gasteiger partial charge in [0.2, 0.25) is 0 Å². The van der Waals surface area contributed by atoms with Crippen LogP contribution in [0, 0.1) is 11.5 Å². The van der Waals surface area contributed by atoms with Gasteiger partial charge in [0, 0.05) is 20.1 Å². The van der Waals surface area contributed by atoms with E-state index in [-0.39, 0.29) is 11.7 Å². The molecule has 1 aromatic heterocycles. The number of amides is 2. The molecule has 6 nitrogen and oxygen atoms in total. The number of alkyl halides is 3. The molecule has 0 unspecified atom stereocenters. The molecule has 2 amide bonds. The maximum absolute atomic E-state index is 12.4. The van der Waals surface area contributed by atoms with Crippen LogP contribution in [0.1, 0.15) is 12.1 Å². The number of anilines is 1. The smallest absolute Gasteiger partial charge is 0.323 e. The molecule has 1 aliphatic rings. The van der Waals surface area contributed by atoms with Gasteiger partial charge in [0.05, 0.1) is 17.9 Å². The van der Waals surface area contributed by atoms with Crippen LogP contribution in [0.4, 0.5) is 23.7 Å². The van der Waals surface area contributed by atoms with Gasteiger partial charge in [0.1, 0.15) is 5.69 Å². The molecule has 9 heteroatoms. The van der Waals surface area contributed by atoms with Crippen LogP contribution in [0.15, 0.2) is 18.3 Å². The molecule has 1 fully saturated rings. The summed E-state index contributed by atoms with van der Waals surface area (Å²) < 4.78 is 37.2. The maximum atomic E-state index is 12.4. The van der Waals surface area contributed by atoms with Crippen LogP contribution in [0.3, 0.4) is 0 Å². The first-order chi connectivity index (χ1) is 10.3. The van der Waals surface area contributed by atoms with Crippen molar-refractivity contribution >= 4 is 11.7 Å². The summed E-state index contributed by atoms with van der Waals surface area (Å²) in [5, 5.41) is 11.3. The summed E-state index contributed by atoms with van der Waals surface area (Å²) in [6, 6.07) is 1.40. The lowest BCUT2D eigenvalue weighted by atomic mass is 10.2. The van der Waals surface area contributed by atoms with Crippen molar-refractivity contribution in [2.75, 3.05) is 25.5 Å². The lowest BCUT2D eigenvalue weighted by Gasteiger charge is -2.24. The van der Waals surface area contributed by atoms with Gasteiger partial charge < -0.3 is 15.1 Å². The second-order valence-electron chi connectivity index (χ2n) is 4.96. The third kappa shape index (κ3) is 3.58. The minimum atomic E-state index is -4.51. The highest BCUT2D eigenvalue weighted by molar-refractivity contribution is 5.89. The topological polar surface area (TPSA) is 72.3 Å². The predicted octanol–water partition coefficient (Wildman–Crippen LogP) is 2.12. The Hall–Kier alpha value is -2.50. The summed E-state index contributed by atoms with van der Waals surface area (Å²) in [7, 11) is 1.58. The van der Waals surface area contributed by atoms with E-state index in [0.29, 0.717) is 19.5 Å². The number of carbonyl (C=O) groups is 1. The highest BCUT2D eigenvalue weighted by Crippen LogP contribution is 2.27. The number of likely N-dealkylation sites (N-methyl/N-ethyl adjacent to an activating group) is 1. The number of nitriles is 1. The zero-order chi connectivity index (χ0) is 16.3. The number of nitrogens with one attached hydrogen (secondary N) is 1. The predicted molar refractivity (Wildman–Crippen MR) is 71.6 cm³/mol. The van der Waals surface area contributed by atoms with Crippen molar-refractivity contribution in [1.82, 2.24) is 14.8 Å². The maximum Gasteiger partial charge on any atom is 0.433 e. The summed E-state index contributed by atoms with van der Waals surface area (Å²) in [6.45, 7) is 1.03. The number of likely N-dealkylation sites (tertiary alicyclic amines) is 1. The first-order valence-corrected chi connectivity index (χ1v) is 6.53. The Morgan fingerprint density at radius 2 is 2.27 bits per heavy atom. The van der Waals surface area contributed by atoms with E-state index in [1.54, 1.807) is 11.9 Å². The van der Waals surface area contributed by atoms with Crippen molar-refractivity contribution in [1.29, 1.82) is 5.26 Å². The Morgan fingerprint density at radius 3 is 2.77 bits per heavy atom. The van der Waals surface area contributed by atoms with Crippen LogP contribution < -0.4 is 5.32 Å². The summed E-state index contributed by atoms with van der Waals surface area (Å²) >= 11 is 0. The Labute approximate surface area is 125 Å². The second kappa shape index (κ2) is 6.09. The molecule has 1 saturated heterocycles. The van der Waals surface area contributed by atoms with E-state index in [9.17, 15) is 18.0 Å². The van der Waals surface area contributed by atoms with Crippen molar-refractivity contribution < 1.29 is 18.0 Å². The SMILES string of the molecule is CN(C(=O)Nc1ccc(C(F)(F)F)nc1)[C@@H]1CCN(C#N)C1. The minimum Gasteiger partial charge on any atom is -0.323 e. The molecular weight excluding hydrogens is 299 g/mol. The van der Waals surface area contributed by atoms with Gasteiger partial charge in [-0.3, -0.25) is 0 Å². The Bertz CT molecular complexity index is 581. The second-order valence-corrected chi connectivity index (χ2v) is 4.96. The highest BCUT2D eigenvalue weighted by atomic mass is 19.4. The average Bonchev–Trinajstić information content (AvgIpc) is 2.95. The number of nitrogens with zero attached hydrogens (tertiary/aromatic N) is 4. The van der Waals surface area contributed by atoms with Crippen LogP contribution in [-0.2, 0) is 6.18 Å². The van der Waals surface area contributed by atoms with Crippen LogP contribution in [0.2, 0.25) is 0 Å².